The van der Waals surface area contributed by atoms with Gasteiger partial charge in [0.25, 0.3) is 5.91 Å². The second kappa shape index (κ2) is 10.8. The molecular weight excluding hydrogens is 461 g/mol. The van der Waals surface area contributed by atoms with Crippen LogP contribution in [0.2, 0.25) is 10.0 Å². The third-order valence-electron chi connectivity index (χ3n) is 4.98. The molecule has 0 saturated carbocycles. The number of halogens is 3. The smallest absolute Gasteiger partial charge is 0.261 e. The number of rotatable bonds is 7. The molecule has 2 aromatic carbocycles. The van der Waals surface area contributed by atoms with Crippen molar-refractivity contribution in [2.75, 3.05) is 31.1 Å². The first-order chi connectivity index (χ1) is 13.8. The topological polar surface area (TPSA) is 36.4 Å². The molecule has 4 nitrogen and oxygen atoms in total. The lowest BCUT2D eigenvalue weighted by Crippen LogP contribution is -2.39. The number of nitrogens with zero attached hydrogens (tertiary/aromatic N) is 3. The molecular formula is C22H26Cl3N3OS. The Balaban J connectivity index is 0.00000320. The minimum atomic E-state index is -0.182. The molecule has 162 valence electrons. The van der Waals surface area contributed by atoms with E-state index in [-0.39, 0.29) is 18.3 Å². The number of anilines is 1. The molecule has 0 atom stereocenters. The van der Waals surface area contributed by atoms with Crippen molar-refractivity contribution >= 4 is 68.2 Å². The standard InChI is InChI=1S/C22H25Cl2N3OS.ClH/c1-5-26(6-2)9-10-27(21(28)17-13-16(23)7-8-18(17)24)22-25-19-12-14(3)11-15(4)20(19)29-22;/h7-8,11-13H,5-6,9-10H2,1-4H3;1H. The highest BCUT2D eigenvalue weighted by Crippen LogP contribution is 2.33. The Kier molecular flexibility index (Phi) is 8.95. The zero-order valence-corrected chi connectivity index (χ0v) is 20.7. The second-order valence-electron chi connectivity index (χ2n) is 7.03. The summed E-state index contributed by atoms with van der Waals surface area (Å²) in [4.78, 5) is 22.3. The minimum absolute atomic E-state index is 0. The van der Waals surface area contributed by atoms with Gasteiger partial charge in [0.2, 0.25) is 0 Å². The number of carbonyl (C=O) groups excluding carboxylic acids is 1. The molecule has 0 bridgehead atoms. The van der Waals surface area contributed by atoms with Gasteiger partial charge >= 0.3 is 0 Å². The molecule has 30 heavy (non-hydrogen) atoms. The monoisotopic (exact) mass is 485 g/mol. The largest absolute Gasteiger partial charge is 0.302 e. The van der Waals surface area contributed by atoms with Crippen LogP contribution in [0.1, 0.15) is 35.3 Å². The summed E-state index contributed by atoms with van der Waals surface area (Å²) in [5.41, 5.74) is 3.64. The van der Waals surface area contributed by atoms with E-state index < -0.39 is 0 Å². The highest BCUT2D eigenvalue weighted by atomic mass is 35.5. The van der Waals surface area contributed by atoms with Gasteiger partial charge in [-0.2, -0.15) is 0 Å². The lowest BCUT2D eigenvalue weighted by molar-refractivity contribution is 0.0984. The van der Waals surface area contributed by atoms with Crippen LogP contribution in [0.15, 0.2) is 30.3 Å². The van der Waals surface area contributed by atoms with E-state index in [1.165, 1.54) is 5.56 Å². The summed E-state index contributed by atoms with van der Waals surface area (Å²) in [7, 11) is 0. The van der Waals surface area contributed by atoms with Crippen molar-refractivity contribution in [1.29, 1.82) is 0 Å². The van der Waals surface area contributed by atoms with Crippen LogP contribution in [0.3, 0.4) is 0 Å². The predicted octanol–water partition coefficient (Wildman–Crippen LogP) is 6.63. The zero-order chi connectivity index (χ0) is 21.1. The maximum Gasteiger partial charge on any atom is 0.261 e. The number of thiazole rings is 1. The number of hydrogen-bond donors (Lipinski definition) is 0. The fourth-order valence-electron chi connectivity index (χ4n) is 3.35. The van der Waals surface area contributed by atoms with Crippen LogP contribution in [0.5, 0.6) is 0 Å². The number of fused-ring (bicyclic) bond motifs is 1. The summed E-state index contributed by atoms with van der Waals surface area (Å²) in [6, 6.07) is 9.16. The second-order valence-corrected chi connectivity index (χ2v) is 8.86. The van der Waals surface area contributed by atoms with Crippen molar-refractivity contribution in [2.45, 2.75) is 27.7 Å². The molecule has 0 spiro atoms. The first-order valence-electron chi connectivity index (χ1n) is 9.71. The Hall–Kier alpha value is -1.37. The van der Waals surface area contributed by atoms with Gasteiger partial charge in [0.15, 0.2) is 5.13 Å². The van der Waals surface area contributed by atoms with E-state index in [1.807, 2.05) is 0 Å². The highest BCUT2D eigenvalue weighted by molar-refractivity contribution is 7.22. The van der Waals surface area contributed by atoms with E-state index in [0.29, 0.717) is 27.3 Å². The maximum absolute atomic E-state index is 13.5. The van der Waals surface area contributed by atoms with Crippen LogP contribution in [0, 0.1) is 13.8 Å². The van der Waals surface area contributed by atoms with Gasteiger partial charge in [-0.25, -0.2) is 4.98 Å². The number of aryl methyl sites for hydroxylation is 2. The van der Waals surface area contributed by atoms with Crippen molar-refractivity contribution < 1.29 is 4.79 Å². The molecule has 3 aromatic rings. The molecule has 0 aliphatic carbocycles. The first kappa shape index (κ1) is 24.9. The number of aromatic nitrogens is 1. The fourth-order valence-corrected chi connectivity index (χ4v) is 4.76. The SMILES string of the molecule is CCN(CC)CCN(C(=O)c1cc(Cl)ccc1Cl)c1nc2cc(C)cc(C)c2s1.Cl. The van der Waals surface area contributed by atoms with E-state index in [2.05, 4.69) is 44.7 Å². The number of likely N-dealkylation sites (N-methyl/N-ethyl adjacent to an activating group) is 1. The highest BCUT2D eigenvalue weighted by Gasteiger charge is 2.24. The molecule has 3 rings (SSSR count). The van der Waals surface area contributed by atoms with E-state index >= 15 is 0 Å². The van der Waals surface area contributed by atoms with Crippen molar-refractivity contribution in [2.24, 2.45) is 0 Å². The molecule has 0 aliphatic rings. The average molecular weight is 487 g/mol. The van der Waals surface area contributed by atoms with E-state index in [0.717, 1.165) is 35.4 Å². The van der Waals surface area contributed by atoms with Gasteiger partial charge in [-0.05, 0) is 62.3 Å². The van der Waals surface area contributed by atoms with Crippen molar-refractivity contribution in [3.8, 4) is 0 Å². The fraction of sp³-hybridized carbons (Fsp3) is 0.364. The molecule has 0 fully saturated rings. The van der Waals surface area contributed by atoms with Crippen molar-refractivity contribution in [3.05, 3.63) is 57.1 Å². The van der Waals surface area contributed by atoms with Crippen LogP contribution in [-0.4, -0.2) is 42.0 Å². The summed E-state index contributed by atoms with van der Waals surface area (Å²) >= 11 is 14.0. The van der Waals surface area contributed by atoms with Gasteiger partial charge in [-0.1, -0.05) is 54.5 Å². The van der Waals surface area contributed by atoms with Crippen LogP contribution in [-0.2, 0) is 0 Å². The molecule has 0 radical (unpaired) electrons. The summed E-state index contributed by atoms with van der Waals surface area (Å²) in [6.07, 6.45) is 0. The molecule has 1 amide bonds. The van der Waals surface area contributed by atoms with Crippen molar-refractivity contribution in [3.63, 3.8) is 0 Å². The number of benzene rings is 2. The number of carbonyl (C=O) groups is 1. The zero-order valence-electron chi connectivity index (χ0n) is 17.5. The van der Waals surface area contributed by atoms with E-state index in [4.69, 9.17) is 28.2 Å². The van der Waals surface area contributed by atoms with Gasteiger partial charge in [0.1, 0.15) is 0 Å². The average Bonchev–Trinajstić information content (AvgIpc) is 3.10. The third-order valence-corrected chi connectivity index (χ3v) is 6.77. The van der Waals surface area contributed by atoms with Gasteiger partial charge < -0.3 is 4.90 Å². The number of amides is 1. The summed E-state index contributed by atoms with van der Waals surface area (Å²) < 4.78 is 1.10. The Morgan fingerprint density at radius 2 is 1.77 bits per heavy atom. The third kappa shape index (κ3) is 5.45. The molecule has 1 aromatic heterocycles. The maximum atomic E-state index is 13.5. The minimum Gasteiger partial charge on any atom is -0.302 e. The van der Waals surface area contributed by atoms with E-state index in [1.54, 1.807) is 34.4 Å². The summed E-state index contributed by atoms with van der Waals surface area (Å²) in [5, 5.41) is 1.56. The Bertz CT molecular complexity index is 1030. The molecule has 0 unspecified atom stereocenters. The lowest BCUT2D eigenvalue weighted by Gasteiger charge is -2.25. The molecule has 1 heterocycles. The number of hydrogen-bond acceptors (Lipinski definition) is 4. The molecule has 0 aliphatic heterocycles. The van der Waals surface area contributed by atoms with Gasteiger partial charge in [0.05, 0.1) is 20.8 Å². The molecule has 8 heteroatoms. The van der Waals surface area contributed by atoms with Crippen molar-refractivity contribution in [1.82, 2.24) is 9.88 Å². The van der Waals surface area contributed by atoms with Gasteiger partial charge in [-0.3, -0.25) is 9.69 Å². The van der Waals surface area contributed by atoms with Crippen LogP contribution in [0.25, 0.3) is 10.2 Å². The Labute approximate surface area is 198 Å². The van der Waals surface area contributed by atoms with Gasteiger partial charge in [-0.15, -0.1) is 12.4 Å². The van der Waals surface area contributed by atoms with Crippen LogP contribution in [0.4, 0.5) is 5.13 Å². The normalized spacial score (nSPS) is 11.0. The van der Waals surface area contributed by atoms with Crippen LogP contribution >= 0.6 is 46.9 Å². The van der Waals surface area contributed by atoms with E-state index in [9.17, 15) is 4.79 Å². The molecule has 0 N–H and O–H groups in total. The lowest BCUT2D eigenvalue weighted by atomic mass is 10.1. The molecule has 0 saturated heterocycles. The summed E-state index contributed by atoms with van der Waals surface area (Å²) in [6.45, 7) is 11.5. The Morgan fingerprint density at radius 1 is 1.07 bits per heavy atom. The first-order valence-corrected chi connectivity index (χ1v) is 11.3. The Morgan fingerprint density at radius 3 is 2.43 bits per heavy atom. The van der Waals surface area contributed by atoms with Crippen LogP contribution < -0.4 is 4.90 Å². The summed E-state index contributed by atoms with van der Waals surface area (Å²) in [5.74, 6) is -0.182. The predicted molar refractivity (Wildman–Crippen MR) is 132 cm³/mol. The quantitative estimate of drug-likeness (QED) is 0.376. The van der Waals surface area contributed by atoms with Gasteiger partial charge in [0, 0.05) is 18.1 Å².